The van der Waals surface area contributed by atoms with E-state index in [2.05, 4.69) is 37.5 Å². The van der Waals surface area contributed by atoms with Gasteiger partial charge in [-0.25, -0.2) is 0 Å². The third-order valence-electron chi connectivity index (χ3n) is 3.61. The van der Waals surface area contributed by atoms with Crippen LogP contribution in [0, 0.1) is 5.41 Å². The fourth-order valence-electron chi connectivity index (χ4n) is 2.35. The van der Waals surface area contributed by atoms with E-state index in [9.17, 15) is 9.59 Å². The number of carbonyl (C=O) groups excluding carboxylic acids is 2. The zero-order valence-corrected chi connectivity index (χ0v) is 15.9. The highest BCUT2D eigenvalue weighted by Crippen LogP contribution is 2.35. The maximum atomic E-state index is 12.3. The standard InChI is InChI=1S/C18H24N2O2S2/c1-18(2,3)16(13-7-5-11-23-13)20-15(21)9-4-10-19-17(22)14-8-6-12-24-14/h5-8,11-12,16H,4,9-10H2,1-3H3,(H,19,22)(H,20,21). The molecule has 0 radical (unpaired) electrons. The summed E-state index contributed by atoms with van der Waals surface area (Å²) in [6, 6.07) is 7.71. The van der Waals surface area contributed by atoms with Crippen molar-refractivity contribution < 1.29 is 9.59 Å². The Balaban J connectivity index is 1.76. The normalized spacial score (nSPS) is 12.6. The molecule has 1 atom stereocenters. The number of rotatable bonds is 7. The zero-order chi connectivity index (χ0) is 17.6. The molecule has 0 aliphatic carbocycles. The van der Waals surface area contributed by atoms with Crippen LogP contribution in [0.4, 0.5) is 0 Å². The average Bonchev–Trinajstić information content (AvgIpc) is 3.20. The van der Waals surface area contributed by atoms with Gasteiger partial charge in [0.1, 0.15) is 0 Å². The Morgan fingerprint density at radius 3 is 2.42 bits per heavy atom. The van der Waals surface area contributed by atoms with Crippen LogP contribution >= 0.6 is 22.7 Å². The van der Waals surface area contributed by atoms with Gasteiger partial charge in [-0.1, -0.05) is 32.9 Å². The van der Waals surface area contributed by atoms with Crippen molar-refractivity contribution in [2.45, 2.75) is 39.7 Å². The van der Waals surface area contributed by atoms with E-state index in [1.54, 1.807) is 17.4 Å². The largest absolute Gasteiger partial charge is 0.351 e. The topological polar surface area (TPSA) is 58.2 Å². The van der Waals surface area contributed by atoms with Gasteiger partial charge in [0.2, 0.25) is 5.91 Å². The van der Waals surface area contributed by atoms with Crippen molar-refractivity contribution >= 4 is 34.5 Å². The molecule has 0 saturated heterocycles. The molecule has 1 unspecified atom stereocenters. The fraction of sp³-hybridized carbons (Fsp3) is 0.444. The van der Waals surface area contributed by atoms with Crippen LogP contribution in [0.3, 0.4) is 0 Å². The number of hydrogen-bond acceptors (Lipinski definition) is 4. The van der Waals surface area contributed by atoms with Gasteiger partial charge in [-0.05, 0) is 34.7 Å². The second-order valence-electron chi connectivity index (χ2n) is 6.72. The SMILES string of the molecule is CC(C)(C)C(NC(=O)CCCNC(=O)c1cccs1)c1cccs1. The Kier molecular flexibility index (Phi) is 6.57. The minimum absolute atomic E-state index is 0.00529. The number of nitrogens with one attached hydrogen (secondary N) is 2. The van der Waals surface area contributed by atoms with Crippen molar-refractivity contribution in [1.29, 1.82) is 0 Å². The monoisotopic (exact) mass is 364 g/mol. The van der Waals surface area contributed by atoms with Crippen LogP contribution < -0.4 is 10.6 Å². The molecule has 2 heterocycles. The van der Waals surface area contributed by atoms with Gasteiger partial charge in [0.15, 0.2) is 0 Å². The van der Waals surface area contributed by atoms with Crippen LogP contribution in [-0.2, 0) is 4.79 Å². The van der Waals surface area contributed by atoms with Gasteiger partial charge in [0.05, 0.1) is 10.9 Å². The Bertz CT molecular complexity index is 643. The number of hydrogen-bond donors (Lipinski definition) is 2. The molecule has 0 saturated carbocycles. The number of carbonyl (C=O) groups is 2. The Hall–Kier alpha value is -1.66. The molecule has 0 spiro atoms. The van der Waals surface area contributed by atoms with Gasteiger partial charge >= 0.3 is 0 Å². The first-order valence-electron chi connectivity index (χ1n) is 8.02. The highest BCUT2D eigenvalue weighted by atomic mass is 32.1. The summed E-state index contributed by atoms with van der Waals surface area (Å²) in [5, 5.41) is 9.88. The first-order chi connectivity index (χ1) is 11.4. The fourth-order valence-corrected chi connectivity index (χ4v) is 4.01. The Morgan fingerprint density at radius 1 is 1.12 bits per heavy atom. The molecule has 2 aromatic rings. The second-order valence-corrected chi connectivity index (χ2v) is 8.65. The van der Waals surface area contributed by atoms with E-state index in [0.717, 1.165) is 0 Å². The number of amides is 2. The van der Waals surface area contributed by atoms with Crippen LogP contribution in [0.15, 0.2) is 35.0 Å². The predicted molar refractivity (Wildman–Crippen MR) is 101 cm³/mol. The maximum Gasteiger partial charge on any atom is 0.261 e. The third kappa shape index (κ3) is 5.46. The molecule has 2 aromatic heterocycles. The maximum absolute atomic E-state index is 12.3. The van der Waals surface area contributed by atoms with Gasteiger partial charge in [0.25, 0.3) is 5.91 Å². The van der Waals surface area contributed by atoms with Crippen LogP contribution in [0.2, 0.25) is 0 Å². The van der Waals surface area contributed by atoms with Crippen molar-refractivity contribution in [3.8, 4) is 0 Å². The molecule has 24 heavy (non-hydrogen) atoms. The van der Waals surface area contributed by atoms with Gasteiger partial charge in [-0.3, -0.25) is 9.59 Å². The van der Waals surface area contributed by atoms with E-state index in [4.69, 9.17) is 0 Å². The second kappa shape index (κ2) is 8.44. The average molecular weight is 365 g/mol. The molecule has 0 aliphatic heterocycles. The Morgan fingerprint density at radius 2 is 1.83 bits per heavy atom. The summed E-state index contributed by atoms with van der Waals surface area (Å²) in [4.78, 5) is 25.9. The lowest BCUT2D eigenvalue weighted by atomic mass is 9.85. The predicted octanol–water partition coefficient (Wildman–Crippen LogP) is 4.22. The summed E-state index contributed by atoms with van der Waals surface area (Å²) in [6.07, 6.45) is 1.03. The first kappa shape index (κ1) is 18.7. The molecule has 2 N–H and O–H groups in total. The first-order valence-corrected chi connectivity index (χ1v) is 9.78. The summed E-state index contributed by atoms with van der Waals surface area (Å²) >= 11 is 3.07. The molecule has 130 valence electrons. The summed E-state index contributed by atoms with van der Waals surface area (Å²) in [6.45, 7) is 6.88. The van der Waals surface area contributed by atoms with E-state index in [0.29, 0.717) is 24.3 Å². The molecule has 0 bridgehead atoms. The summed E-state index contributed by atoms with van der Waals surface area (Å²) in [5.41, 5.74) is -0.0477. The summed E-state index contributed by atoms with van der Waals surface area (Å²) < 4.78 is 0. The van der Waals surface area contributed by atoms with Crippen molar-refractivity contribution in [3.05, 3.63) is 44.8 Å². The van der Waals surface area contributed by atoms with Crippen LogP contribution in [0.25, 0.3) is 0 Å². The lowest BCUT2D eigenvalue weighted by Gasteiger charge is -2.30. The highest BCUT2D eigenvalue weighted by Gasteiger charge is 2.28. The van der Waals surface area contributed by atoms with E-state index in [-0.39, 0.29) is 23.3 Å². The molecular weight excluding hydrogens is 340 g/mol. The lowest BCUT2D eigenvalue weighted by molar-refractivity contribution is -0.122. The van der Waals surface area contributed by atoms with E-state index in [1.807, 2.05) is 22.9 Å². The van der Waals surface area contributed by atoms with Gasteiger partial charge < -0.3 is 10.6 Å². The highest BCUT2D eigenvalue weighted by molar-refractivity contribution is 7.12. The van der Waals surface area contributed by atoms with Crippen LogP contribution in [-0.4, -0.2) is 18.4 Å². The molecule has 6 heteroatoms. The molecular formula is C18H24N2O2S2. The molecule has 2 amide bonds. The van der Waals surface area contributed by atoms with E-state index >= 15 is 0 Å². The smallest absolute Gasteiger partial charge is 0.261 e. The van der Waals surface area contributed by atoms with E-state index in [1.165, 1.54) is 16.2 Å². The quantitative estimate of drug-likeness (QED) is 0.723. The van der Waals surface area contributed by atoms with Crippen LogP contribution in [0.1, 0.15) is 54.2 Å². The Labute approximate surface area is 151 Å². The zero-order valence-electron chi connectivity index (χ0n) is 14.3. The van der Waals surface area contributed by atoms with E-state index < -0.39 is 0 Å². The summed E-state index contributed by atoms with van der Waals surface area (Å²) in [5.74, 6) is -0.0507. The van der Waals surface area contributed by atoms with Crippen molar-refractivity contribution in [3.63, 3.8) is 0 Å². The van der Waals surface area contributed by atoms with Gasteiger partial charge in [-0.2, -0.15) is 0 Å². The molecule has 0 aliphatic rings. The van der Waals surface area contributed by atoms with Crippen molar-refractivity contribution in [1.82, 2.24) is 10.6 Å². The van der Waals surface area contributed by atoms with Crippen LogP contribution in [0.5, 0.6) is 0 Å². The van der Waals surface area contributed by atoms with Gasteiger partial charge in [0, 0.05) is 17.8 Å². The molecule has 0 aromatic carbocycles. The third-order valence-corrected chi connectivity index (χ3v) is 5.42. The van der Waals surface area contributed by atoms with Crippen molar-refractivity contribution in [2.24, 2.45) is 5.41 Å². The number of thiophene rings is 2. The summed E-state index contributed by atoms with van der Waals surface area (Å²) in [7, 11) is 0. The molecule has 2 rings (SSSR count). The lowest BCUT2D eigenvalue weighted by Crippen LogP contribution is -2.36. The van der Waals surface area contributed by atoms with Crippen molar-refractivity contribution in [2.75, 3.05) is 6.54 Å². The minimum Gasteiger partial charge on any atom is -0.351 e. The van der Waals surface area contributed by atoms with Gasteiger partial charge in [-0.15, -0.1) is 22.7 Å². The molecule has 0 fully saturated rings. The minimum atomic E-state index is -0.0726. The molecule has 4 nitrogen and oxygen atoms in total.